The van der Waals surface area contributed by atoms with Gasteiger partial charge in [-0.15, -0.1) is 12.4 Å². The van der Waals surface area contributed by atoms with Gasteiger partial charge in [0.05, 0.1) is 17.1 Å². The third-order valence-electron chi connectivity index (χ3n) is 7.45. The highest BCUT2D eigenvalue weighted by Crippen LogP contribution is 2.31. The number of aromatic nitrogens is 2. The summed E-state index contributed by atoms with van der Waals surface area (Å²) in [6.07, 6.45) is 0.477. The molecule has 6 bridgehead atoms. The quantitative estimate of drug-likeness (QED) is 0.481. The van der Waals surface area contributed by atoms with Crippen LogP contribution in [0.1, 0.15) is 41.8 Å². The highest BCUT2D eigenvalue weighted by atomic mass is 35.5. The second-order valence-corrected chi connectivity index (χ2v) is 12.6. The number of rotatable bonds is 3. The zero-order chi connectivity index (χ0) is 27.9. The maximum absolute atomic E-state index is 13.6. The van der Waals surface area contributed by atoms with Crippen LogP contribution >= 0.6 is 12.4 Å². The molecule has 1 amide bonds. The number of anilines is 1. The molecule has 3 heterocycles. The lowest BCUT2D eigenvalue weighted by molar-refractivity contribution is 0.0576. The van der Waals surface area contributed by atoms with Gasteiger partial charge in [-0.3, -0.25) is 9.69 Å². The van der Waals surface area contributed by atoms with Crippen molar-refractivity contribution in [2.75, 3.05) is 31.4 Å². The summed E-state index contributed by atoms with van der Waals surface area (Å²) >= 11 is 0. The van der Waals surface area contributed by atoms with Crippen LogP contribution in [0.3, 0.4) is 0 Å². The van der Waals surface area contributed by atoms with Crippen molar-refractivity contribution in [2.24, 2.45) is 5.92 Å². The number of benzene rings is 2. The number of likely N-dealkylation sites (N-methyl/N-ethyl adjacent to an activating group) is 1. The Kier molecular flexibility index (Phi) is 8.72. The van der Waals surface area contributed by atoms with Crippen LogP contribution in [0, 0.1) is 19.8 Å². The van der Waals surface area contributed by atoms with Gasteiger partial charge in [0.15, 0.2) is 0 Å². The third kappa shape index (κ3) is 6.09. The van der Waals surface area contributed by atoms with Crippen molar-refractivity contribution in [3.05, 3.63) is 65.2 Å². The lowest BCUT2D eigenvalue weighted by Crippen LogP contribution is -2.47. The van der Waals surface area contributed by atoms with Gasteiger partial charge in [0.2, 0.25) is 11.8 Å². The van der Waals surface area contributed by atoms with Crippen LogP contribution in [0.25, 0.3) is 11.3 Å². The SMILES string of the molecule is Cc1cccc(C)c1-c1cc2nc(n1)NS(=O)(=O)c1cccc(c1)C(=O)N1CCN(C)[C@H](CC(C)C)[C@H](C1)O2.Cl. The number of ether oxygens (including phenoxy) is 1. The molecule has 0 saturated carbocycles. The molecule has 5 rings (SSSR count). The van der Waals surface area contributed by atoms with Crippen LogP contribution in [0.2, 0.25) is 0 Å². The van der Waals surface area contributed by atoms with E-state index in [4.69, 9.17) is 4.74 Å². The van der Waals surface area contributed by atoms with Crippen LogP contribution in [0.15, 0.2) is 53.4 Å². The Balaban J connectivity index is 0.00000370. The molecule has 1 saturated heterocycles. The van der Waals surface area contributed by atoms with Crippen LogP contribution in [0.4, 0.5) is 5.95 Å². The van der Waals surface area contributed by atoms with Crippen LogP contribution in [0.5, 0.6) is 5.88 Å². The Morgan fingerprint density at radius 1 is 1.05 bits per heavy atom. The maximum atomic E-state index is 13.6. The van der Waals surface area contributed by atoms with Crippen LogP contribution in [-0.2, 0) is 10.0 Å². The molecule has 1 N–H and O–H groups in total. The predicted molar refractivity (Wildman–Crippen MR) is 158 cm³/mol. The number of carbonyl (C=O) groups is 1. The van der Waals surface area contributed by atoms with E-state index in [0.717, 1.165) is 23.1 Å². The van der Waals surface area contributed by atoms with Gasteiger partial charge in [0, 0.05) is 36.3 Å². The smallest absolute Gasteiger partial charge is 0.264 e. The summed E-state index contributed by atoms with van der Waals surface area (Å²) in [6.45, 7) is 9.85. The molecule has 1 fully saturated rings. The van der Waals surface area contributed by atoms with Crippen molar-refractivity contribution in [3.8, 4) is 17.1 Å². The van der Waals surface area contributed by atoms with Crippen molar-refractivity contribution in [2.45, 2.75) is 51.2 Å². The molecular weight excluding hydrogens is 550 g/mol. The van der Waals surface area contributed by atoms with Crippen molar-refractivity contribution in [1.82, 2.24) is 19.8 Å². The fourth-order valence-corrected chi connectivity index (χ4v) is 6.45. The second-order valence-electron chi connectivity index (χ2n) is 10.9. The van der Waals surface area contributed by atoms with E-state index in [9.17, 15) is 13.2 Å². The highest BCUT2D eigenvalue weighted by molar-refractivity contribution is 7.92. The minimum Gasteiger partial charge on any atom is -0.471 e. The summed E-state index contributed by atoms with van der Waals surface area (Å²) in [6, 6.07) is 13.8. The Morgan fingerprint density at radius 2 is 1.75 bits per heavy atom. The van der Waals surface area contributed by atoms with Gasteiger partial charge in [-0.25, -0.2) is 18.1 Å². The average Bonchev–Trinajstić information content (AvgIpc) is 3.01. The average molecular weight is 586 g/mol. The van der Waals surface area contributed by atoms with Gasteiger partial charge in [0.1, 0.15) is 6.10 Å². The van der Waals surface area contributed by atoms with Gasteiger partial charge >= 0.3 is 0 Å². The number of carbonyl (C=O) groups excluding carboxylic acids is 1. The van der Waals surface area contributed by atoms with Crippen molar-refractivity contribution >= 4 is 34.3 Å². The molecule has 11 heteroatoms. The van der Waals surface area contributed by atoms with E-state index in [2.05, 4.69) is 40.5 Å². The molecule has 2 aromatic carbocycles. The summed E-state index contributed by atoms with van der Waals surface area (Å²) in [5.41, 5.74) is 3.77. The minimum atomic E-state index is -4.08. The summed E-state index contributed by atoms with van der Waals surface area (Å²) in [7, 11) is -2.02. The van der Waals surface area contributed by atoms with Gasteiger partial charge in [-0.05, 0) is 62.6 Å². The maximum Gasteiger partial charge on any atom is 0.264 e. The summed E-state index contributed by atoms with van der Waals surface area (Å²) in [4.78, 5) is 26.7. The lowest BCUT2D eigenvalue weighted by Gasteiger charge is -2.33. The topological polar surface area (TPSA) is 105 Å². The molecule has 0 spiro atoms. The fourth-order valence-electron chi connectivity index (χ4n) is 5.46. The molecule has 2 aliphatic rings. The molecule has 3 aromatic rings. The largest absolute Gasteiger partial charge is 0.471 e. The van der Waals surface area contributed by atoms with Gasteiger partial charge < -0.3 is 9.64 Å². The third-order valence-corrected chi connectivity index (χ3v) is 8.77. The first-order valence-corrected chi connectivity index (χ1v) is 14.7. The van der Waals surface area contributed by atoms with E-state index in [1.54, 1.807) is 23.1 Å². The number of aryl methyl sites for hydroxylation is 2. The van der Waals surface area contributed by atoms with Gasteiger partial charge in [-0.1, -0.05) is 38.1 Å². The lowest BCUT2D eigenvalue weighted by atomic mass is 9.97. The summed E-state index contributed by atoms with van der Waals surface area (Å²) < 4.78 is 35.9. The Labute approximate surface area is 242 Å². The van der Waals surface area contributed by atoms with Gasteiger partial charge in [0.25, 0.3) is 15.9 Å². The number of hydrogen-bond donors (Lipinski definition) is 1. The minimum absolute atomic E-state index is 0. The normalized spacial score (nSPS) is 20.6. The van der Waals surface area contributed by atoms with E-state index in [1.807, 2.05) is 32.0 Å². The fraction of sp³-hybridized carbons (Fsp3) is 0.414. The first-order valence-electron chi connectivity index (χ1n) is 13.3. The summed E-state index contributed by atoms with van der Waals surface area (Å²) in [5, 5.41) is 0. The molecule has 214 valence electrons. The van der Waals surface area contributed by atoms with Crippen molar-refractivity contribution in [1.29, 1.82) is 0 Å². The van der Waals surface area contributed by atoms with Crippen LogP contribution in [-0.4, -0.2) is 72.9 Å². The number of hydrogen-bond acceptors (Lipinski definition) is 7. The molecule has 9 nitrogen and oxygen atoms in total. The Bertz CT molecular complexity index is 1490. The Hall–Kier alpha value is -3.21. The molecule has 0 aliphatic carbocycles. The highest BCUT2D eigenvalue weighted by Gasteiger charge is 2.36. The second kappa shape index (κ2) is 11.7. The molecule has 0 unspecified atom stereocenters. The number of nitrogens with one attached hydrogen (secondary N) is 1. The molecule has 0 radical (unpaired) electrons. The number of halogens is 1. The monoisotopic (exact) mass is 585 g/mol. The first-order chi connectivity index (χ1) is 18.5. The number of fused-ring (bicyclic) bond motifs is 6. The molecular formula is C29H36ClN5O4S. The number of sulfonamides is 1. The van der Waals surface area contributed by atoms with E-state index < -0.39 is 16.1 Å². The van der Waals surface area contributed by atoms with Crippen molar-refractivity contribution in [3.63, 3.8) is 0 Å². The molecule has 1 aromatic heterocycles. The Morgan fingerprint density at radius 3 is 2.45 bits per heavy atom. The molecule has 2 aliphatic heterocycles. The first kappa shape index (κ1) is 29.8. The molecule has 2 atom stereocenters. The van der Waals surface area contributed by atoms with E-state index in [-0.39, 0.29) is 41.1 Å². The number of nitrogens with zero attached hydrogens (tertiary/aromatic N) is 4. The standard InChI is InChI=1S/C29H35N5O4S.ClH/c1-18(2)14-24-25-17-34(13-12-33(24)5)28(35)21-10-7-11-22(15-21)39(36,37)32-29-30-23(16-26(31-29)38-25)27-19(3)8-6-9-20(27)4;/h6-11,15-16,18,24-25H,12-14,17H2,1-5H3,(H,30,31,32);1H/t24-,25+;/m1./s1. The summed E-state index contributed by atoms with van der Waals surface area (Å²) in [5.74, 6) is 0.350. The zero-order valence-electron chi connectivity index (χ0n) is 23.4. The van der Waals surface area contributed by atoms with E-state index in [1.165, 1.54) is 12.1 Å². The zero-order valence-corrected chi connectivity index (χ0v) is 25.1. The van der Waals surface area contributed by atoms with Crippen LogP contribution < -0.4 is 9.46 Å². The predicted octanol–water partition coefficient (Wildman–Crippen LogP) is 4.55. The van der Waals surface area contributed by atoms with Crippen molar-refractivity contribution < 1.29 is 17.9 Å². The van der Waals surface area contributed by atoms with Gasteiger partial charge in [-0.2, -0.15) is 4.98 Å². The number of amides is 1. The van der Waals surface area contributed by atoms with E-state index >= 15 is 0 Å². The van der Waals surface area contributed by atoms with E-state index in [0.29, 0.717) is 36.8 Å². The molecule has 40 heavy (non-hydrogen) atoms.